The first kappa shape index (κ1) is 10.5. The standard InChI is InChI=1S/C11H17NO3/c1-11(2,3)15-10(14)12-6-7-4-5-8(7)9(12)13/h7-8H,4-6H2,1-3H3. The molecule has 2 unspecified atom stereocenters. The molecule has 4 heteroatoms. The van der Waals surface area contributed by atoms with Gasteiger partial charge in [-0.15, -0.1) is 0 Å². The van der Waals surface area contributed by atoms with E-state index in [1.54, 1.807) is 20.8 Å². The third-order valence-electron chi connectivity index (χ3n) is 3.03. The van der Waals surface area contributed by atoms with Gasteiger partial charge in [0.2, 0.25) is 5.91 Å². The summed E-state index contributed by atoms with van der Waals surface area (Å²) in [7, 11) is 0. The number of hydrogen-bond donors (Lipinski definition) is 0. The van der Waals surface area contributed by atoms with Crippen LogP contribution in [0.2, 0.25) is 0 Å². The van der Waals surface area contributed by atoms with Crippen LogP contribution in [0.3, 0.4) is 0 Å². The van der Waals surface area contributed by atoms with Gasteiger partial charge in [0.15, 0.2) is 0 Å². The molecule has 0 spiro atoms. The molecule has 1 heterocycles. The van der Waals surface area contributed by atoms with E-state index in [0.717, 1.165) is 12.8 Å². The molecule has 0 aromatic heterocycles. The lowest BCUT2D eigenvalue weighted by Gasteiger charge is -2.25. The van der Waals surface area contributed by atoms with Crippen molar-refractivity contribution in [2.75, 3.05) is 6.54 Å². The minimum Gasteiger partial charge on any atom is -0.443 e. The Morgan fingerprint density at radius 2 is 2.07 bits per heavy atom. The van der Waals surface area contributed by atoms with Crippen molar-refractivity contribution in [1.29, 1.82) is 0 Å². The molecule has 15 heavy (non-hydrogen) atoms. The van der Waals surface area contributed by atoms with Gasteiger partial charge in [0.25, 0.3) is 0 Å². The summed E-state index contributed by atoms with van der Waals surface area (Å²) in [6.45, 7) is 5.97. The van der Waals surface area contributed by atoms with Gasteiger partial charge in [-0.1, -0.05) is 0 Å². The van der Waals surface area contributed by atoms with E-state index in [1.165, 1.54) is 4.90 Å². The quantitative estimate of drug-likeness (QED) is 0.613. The van der Waals surface area contributed by atoms with Crippen LogP contribution in [0, 0.1) is 11.8 Å². The van der Waals surface area contributed by atoms with Gasteiger partial charge in [-0.05, 0) is 39.5 Å². The molecule has 0 aromatic carbocycles. The molecule has 2 aliphatic rings. The SMILES string of the molecule is CC(C)(C)OC(=O)N1CC2CCC2C1=O. The molecule has 1 saturated carbocycles. The average molecular weight is 211 g/mol. The topological polar surface area (TPSA) is 46.6 Å². The van der Waals surface area contributed by atoms with E-state index in [9.17, 15) is 9.59 Å². The molecule has 0 aromatic rings. The fourth-order valence-corrected chi connectivity index (χ4v) is 2.12. The number of carbonyl (C=O) groups is 2. The highest BCUT2D eigenvalue weighted by atomic mass is 16.6. The molecule has 1 aliphatic heterocycles. The number of likely N-dealkylation sites (tertiary alicyclic amines) is 1. The maximum absolute atomic E-state index is 11.7. The summed E-state index contributed by atoms with van der Waals surface area (Å²) in [5, 5.41) is 0. The maximum atomic E-state index is 11.7. The largest absolute Gasteiger partial charge is 0.443 e. The number of nitrogens with zero attached hydrogens (tertiary/aromatic N) is 1. The highest BCUT2D eigenvalue weighted by molar-refractivity contribution is 5.95. The molecule has 2 rings (SSSR count). The van der Waals surface area contributed by atoms with Crippen LogP contribution in [-0.2, 0) is 9.53 Å². The Kier molecular flexibility index (Phi) is 2.24. The van der Waals surface area contributed by atoms with E-state index in [4.69, 9.17) is 4.74 Å². The first-order valence-corrected chi connectivity index (χ1v) is 5.43. The smallest absolute Gasteiger partial charge is 0.417 e. The Bertz CT molecular complexity index is 305. The maximum Gasteiger partial charge on any atom is 0.417 e. The minimum absolute atomic E-state index is 0.0412. The highest BCUT2D eigenvalue weighted by Gasteiger charge is 2.49. The van der Waals surface area contributed by atoms with Crippen LogP contribution >= 0.6 is 0 Å². The monoisotopic (exact) mass is 211 g/mol. The zero-order valence-electron chi connectivity index (χ0n) is 9.45. The second-order valence-corrected chi connectivity index (χ2v) is 5.37. The van der Waals surface area contributed by atoms with Crippen molar-refractivity contribution in [3.8, 4) is 0 Å². The molecule has 0 radical (unpaired) electrons. The van der Waals surface area contributed by atoms with Crippen LogP contribution in [0.25, 0.3) is 0 Å². The third kappa shape index (κ3) is 1.85. The summed E-state index contributed by atoms with van der Waals surface area (Å²) in [6.07, 6.45) is 1.51. The number of carbonyl (C=O) groups excluding carboxylic acids is 2. The predicted octanol–water partition coefficient (Wildman–Crippen LogP) is 1.79. The lowest BCUT2D eigenvalue weighted by Crippen LogP contribution is -2.38. The molecule has 0 bridgehead atoms. The van der Waals surface area contributed by atoms with Crippen LogP contribution < -0.4 is 0 Å². The number of fused-ring (bicyclic) bond motifs is 1. The number of amides is 2. The van der Waals surface area contributed by atoms with E-state index in [0.29, 0.717) is 12.5 Å². The Hall–Kier alpha value is -1.06. The van der Waals surface area contributed by atoms with Gasteiger partial charge in [0, 0.05) is 12.5 Å². The predicted molar refractivity (Wildman–Crippen MR) is 54.2 cm³/mol. The zero-order chi connectivity index (χ0) is 11.2. The first-order valence-electron chi connectivity index (χ1n) is 5.43. The summed E-state index contributed by atoms with van der Waals surface area (Å²) in [5.41, 5.74) is -0.529. The van der Waals surface area contributed by atoms with Crippen molar-refractivity contribution in [1.82, 2.24) is 4.90 Å². The number of imide groups is 1. The summed E-state index contributed by atoms with van der Waals surface area (Å²) in [4.78, 5) is 24.7. The van der Waals surface area contributed by atoms with Crippen molar-refractivity contribution < 1.29 is 14.3 Å². The zero-order valence-corrected chi connectivity index (χ0v) is 9.45. The van der Waals surface area contributed by atoms with Gasteiger partial charge >= 0.3 is 6.09 Å². The van der Waals surface area contributed by atoms with Crippen molar-refractivity contribution in [2.24, 2.45) is 11.8 Å². The number of ether oxygens (including phenoxy) is 1. The lowest BCUT2D eigenvalue weighted by molar-refractivity contribution is -0.131. The van der Waals surface area contributed by atoms with Gasteiger partial charge in [0.1, 0.15) is 5.60 Å². The second-order valence-electron chi connectivity index (χ2n) is 5.37. The Morgan fingerprint density at radius 3 is 2.40 bits per heavy atom. The molecule has 1 aliphatic carbocycles. The summed E-state index contributed by atoms with van der Waals surface area (Å²) in [6, 6.07) is 0. The van der Waals surface area contributed by atoms with Crippen LogP contribution in [0.1, 0.15) is 33.6 Å². The third-order valence-corrected chi connectivity index (χ3v) is 3.03. The first-order chi connectivity index (χ1) is 6.88. The van der Waals surface area contributed by atoms with Crippen molar-refractivity contribution >= 4 is 12.0 Å². The molecule has 0 N–H and O–H groups in total. The van der Waals surface area contributed by atoms with Gasteiger partial charge < -0.3 is 4.74 Å². The van der Waals surface area contributed by atoms with Crippen LogP contribution in [0.4, 0.5) is 4.79 Å². The molecular weight excluding hydrogens is 194 g/mol. The molecule has 2 atom stereocenters. The Morgan fingerprint density at radius 1 is 1.40 bits per heavy atom. The van der Waals surface area contributed by atoms with E-state index < -0.39 is 11.7 Å². The molecular formula is C11H17NO3. The van der Waals surface area contributed by atoms with Gasteiger partial charge in [-0.25, -0.2) is 9.69 Å². The summed E-state index contributed by atoms with van der Waals surface area (Å²) < 4.78 is 5.18. The van der Waals surface area contributed by atoms with Crippen molar-refractivity contribution in [3.05, 3.63) is 0 Å². The second kappa shape index (κ2) is 3.22. The normalized spacial score (nSPS) is 29.8. The highest BCUT2D eigenvalue weighted by Crippen LogP contribution is 2.41. The number of hydrogen-bond acceptors (Lipinski definition) is 3. The van der Waals surface area contributed by atoms with Gasteiger partial charge in [-0.2, -0.15) is 0 Å². The molecule has 2 amide bonds. The van der Waals surface area contributed by atoms with Crippen LogP contribution in [-0.4, -0.2) is 29.0 Å². The van der Waals surface area contributed by atoms with Crippen molar-refractivity contribution in [3.63, 3.8) is 0 Å². The van der Waals surface area contributed by atoms with Gasteiger partial charge in [-0.3, -0.25) is 4.79 Å². The van der Waals surface area contributed by atoms with E-state index >= 15 is 0 Å². The van der Waals surface area contributed by atoms with E-state index in [2.05, 4.69) is 0 Å². The fourth-order valence-electron chi connectivity index (χ4n) is 2.12. The van der Waals surface area contributed by atoms with Crippen LogP contribution in [0.5, 0.6) is 0 Å². The molecule has 4 nitrogen and oxygen atoms in total. The summed E-state index contributed by atoms with van der Waals surface area (Å²) >= 11 is 0. The van der Waals surface area contributed by atoms with Crippen LogP contribution in [0.15, 0.2) is 0 Å². The van der Waals surface area contributed by atoms with E-state index in [1.807, 2.05) is 0 Å². The molecule has 2 fully saturated rings. The number of rotatable bonds is 0. The average Bonchev–Trinajstić information content (AvgIpc) is 2.18. The Labute approximate surface area is 89.6 Å². The van der Waals surface area contributed by atoms with Gasteiger partial charge in [0.05, 0.1) is 0 Å². The Balaban J connectivity index is 2.00. The minimum atomic E-state index is -0.529. The summed E-state index contributed by atoms with van der Waals surface area (Å²) in [5.74, 6) is 0.447. The fraction of sp³-hybridized carbons (Fsp3) is 0.818. The van der Waals surface area contributed by atoms with E-state index in [-0.39, 0.29) is 11.8 Å². The molecule has 1 saturated heterocycles. The van der Waals surface area contributed by atoms with Crippen molar-refractivity contribution in [2.45, 2.75) is 39.2 Å². The molecule has 84 valence electrons. The lowest BCUT2D eigenvalue weighted by atomic mass is 9.76.